The number of fused-ring (bicyclic) bond motifs is 2. The summed E-state index contributed by atoms with van der Waals surface area (Å²) in [4.78, 5) is 13.7. The molecule has 0 amide bonds. The number of methoxy groups -OCH3 is 1. The zero-order valence-corrected chi connectivity index (χ0v) is 10.1. The van der Waals surface area contributed by atoms with Crippen LogP contribution in [0.4, 0.5) is 0 Å². The molecule has 0 saturated carbocycles. The van der Waals surface area contributed by atoms with E-state index in [0.29, 0.717) is 18.5 Å². The zero-order chi connectivity index (χ0) is 11.7. The van der Waals surface area contributed by atoms with Crippen LogP contribution in [0.3, 0.4) is 0 Å². The fourth-order valence-corrected chi connectivity index (χ4v) is 3.33. The maximum absolute atomic E-state index is 11.3. The van der Waals surface area contributed by atoms with E-state index in [2.05, 4.69) is 11.8 Å². The highest BCUT2D eigenvalue weighted by molar-refractivity contribution is 5.69. The molecule has 0 aromatic rings. The van der Waals surface area contributed by atoms with Gasteiger partial charge in [0.25, 0.3) is 0 Å². The van der Waals surface area contributed by atoms with Crippen molar-refractivity contribution in [1.29, 1.82) is 0 Å². The molecule has 0 aliphatic carbocycles. The Morgan fingerprint density at radius 1 is 1.44 bits per heavy atom. The van der Waals surface area contributed by atoms with E-state index in [-0.39, 0.29) is 18.1 Å². The van der Waals surface area contributed by atoms with Gasteiger partial charge in [0.2, 0.25) is 0 Å². The van der Waals surface area contributed by atoms with Crippen LogP contribution >= 0.6 is 0 Å². The normalized spacial score (nSPS) is 36.1. The molecule has 2 heterocycles. The first-order chi connectivity index (χ1) is 7.61. The number of nitrogens with zero attached hydrogens (tertiary/aromatic N) is 1. The van der Waals surface area contributed by atoms with E-state index in [1.165, 1.54) is 7.11 Å². The first kappa shape index (κ1) is 11.9. The molecule has 3 atom stereocenters. The van der Waals surface area contributed by atoms with Crippen molar-refractivity contribution >= 4 is 5.97 Å². The van der Waals surface area contributed by atoms with Crippen molar-refractivity contribution in [2.45, 2.75) is 63.3 Å². The Morgan fingerprint density at radius 2 is 2.00 bits per heavy atom. The van der Waals surface area contributed by atoms with Crippen molar-refractivity contribution in [2.24, 2.45) is 0 Å². The number of ether oxygens (including phenoxy) is 1. The van der Waals surface area contributed by atoms with Crippen LogP contribution in [0.15, 0.2) is 0 Å². The predicted molar refractivity (Wildman–Crippen MR) is 60.0 cm³/mol. The molecule has 0 unspecified atom stereocenters. The molecule has 4 heteroatoms. The monoisotopic (exact) mass is 227 g/mol. The highest BCUT2D eigenvalue weighted by Crippen LogP contribution is 2.37. The summed E-state index contributed by atoms with van der Waals surface area (Å²) < 4.78 is 4.71. The second-order valence-electron chi connectivity index (χ2n) is 5.09. The number of carbonyl (C=O) groups is 1. The maximum Gasteiger partial charge on any atom is 0.307 e. The van der Waals surface area contributed by atoms with Gasteiger partial charge in [-0.3, -0.25) is 9.69 Å². The van der Waals surface area contributed by atoms with Gasteiger partial charge in [0.05, 0.1) is 19.6 Å². The van der Waals surface area contributed by atoms with Gasteiger partial charge in [0.1, 0.15) is 0 Å². The van der Waals surface area contributed by atoms with Crippen LogP contribution in [0.2, 0.25) is 0 Å². The number of carbonyl (C=O) groups excluding carboxylic acids is 1. The minimum Gasteiger partial charge on any atom is -0.469 e. The van der Waals surface area contributed by atoms with Crippen LogP contribution in [0, 0.1) is 0 Å². The van der Waals surface area contributed by atoms with Crippen LogP contribution < -0.4 is 0 Å². The Morgan fingerprint density at radius 3 is 2.50 bits per heavy atom. The minimum absolute atomic E-state index is 0.140. The van der Waals surface area contributed by atoms with Crippen LogP contribution in [-0.2, 0) is 9.53 Å². The zero-order valence-electron chi connectivity index (χ0n) is 10.1. The lowest BCUT2D eigenvalue weighted by Gasteiger charge is -2.40. The van der Waals surface area contributed by atoms with Gasteiger partial charge in [-0.25, -0.2) is 0 Å². The Hall–Kier alpha value is -0.610. The van der Waals surface area contributed by atoms with E-state index < -0.39 is 0 Å². The standard InChI is InChI=1S/C12H21NO3/c1-8(5-12(15)16-2)13-9-3-4-10(13)7-11(14)6-9/h8-11,14H,3-7H2,1-2H3/t8-,9+,10+/m0/s1. The molecule has 92 valence electrons. The van der Waals surface area contributed by atoms with Gasteiger partial charge in [-0.1, -0.05) is 0 Å². The summed E-state index contributed by atoms with van der Waals surface area (Å²) in [5.41, 5.74) is 0. The van der Waals surface area contributed by atoms with Crippen molar-refractivity contribution < 1.29 is 14.6 Å². The average Bonchev–Trinajstić information content (AvgIpc) is 2.51. The number of esters is 1. The Labute approximate surface area is 96.6 Å². The minimum atomic E-state index is -0.141. The van der Waals surface area contributed by atoms with Crippen LogP contribution in [0.1, 0.15) is 39.0 Å². The van der Waals surface area contributed by atoms with Gasteiger partial charge in [-0.05, 0) is 32.6 Å². The Kier molecular flexibility index (Phi) is 3.50. The first-order valence-corrected chi connectivity index (χ1v) is 6.14. The summed E-state index contributed by atoms with van der Waals surface area (Å²) in [6, 6.07) is 1.17. The van der Waals surface area contributed by atoms with Crippen LogP contribution in [-0.4, -0.2) is 47.3 Å². The molecule has 2 aliphatic heterocycles. The third-order valence-electron chi connectivity index (χ3n) is 3.96. The van der Waals surface area contributed by atoms with Crippen LogP contribution in [0.25, 0.3) is 0 Å². The summed E-state index contributed by atoms with van der Waals surface area (Å²) in [6.45, 7) is 2.08. The van der Waals surface area contributed by atoms with Crippen LogP contribution in [0.5, 0.6) is 0 Å². The lowest BCUT2D eigenvalue weighted by atomic mass is 9.97. The van der Waals surface area contributed by atoms with E-state index >= 15 is 0 Å². The van der Waals surface area contributed by atoms with E-state index in [1.807, 2.05) is 0 Å². The molecule has 1 N–H and O–H groups in total. The molecule has 4 nitrogen and oxygen atoms in total. The number of piperidine rings is 1. The van der Waals surface area contributed by atoms with E-state index in [0.717, 1.165) is 25.7 Å². The summed E-state index contributed by atoms with van der Waals surface area (Å²) in [5.74, 6) is -0.141. The number of aliphatic hydroxyl groups is 1. The largest absolute Gasteiger partial charge is 0.469 e. The maximum atomic E-state index is 11.3. The quantitative estimate of drug-likeness (QED) is 0.729. The molecular weight excluding hydrogens is 206 g/mol. The smallest absolute Gasteiger partial charge is 0.307 e. The SMILES string of the molecule is COC(=O)C[C@H](C)N1[C@@H]2CC[C@@H]1CC(O)C2. The summed E-state index contributed by atoms with van der Waals surface area (Å²) >= 11 is 0. The summed E-state index contributed by atoms with van der Waals surface area (Å²) in [7, 11) is 1.43. The summed E-state index contributed by atoms with van der Waals surface area (Å²) in [6.07, 6.45) is 4.36. The fourth-order valence-electron chi connectivity index (χ4n) is 3.33. The fraction of sp³-hybridized carbons (Fsp3) is 0.917. The number of hydrogen-bond donors (Lipinski definition) is 1. The average molecular weight is 227 g/mol. The number of hydrogen-bond acceptors (Lipinski definition) is 4. The first-order valence-electron chi connectivity index (χ1n) is 6.14. The van der Waals surface area contributed by atoms with Crippen molar-refractivity contribution in [3.8, 4) is 0 Å². The van der Waals surface area contributed by atoms with E-state index in [9.17, 15) is 9.90 Å². The Bertz CT molecular complexity index is 255. The third kappa shape index (κ3) is 2.23. The van der Waals surface area contributed by atoms with Gasteiger partial charge in [0, 0.05) is 18.1 Å². The van der Waals surface area contributed by atoms with Gasteiger partial charge in [0.15, 0.2) is 0 Å². The Balaban J connectivity index is 1.97. The van der Waals surface area contributed by atoms with Gasteiger partial charge >= 0.3 is 5.97 Å². The van der Waals surface area contributed by atoms with Crippen molar-refractivity contribution in [2.75, 3.05) is 7.11 Å². The van der Waals surface area contributed by atoms with Crippen molar-refractivity contribution in [3.63, 3.8) is 0 Å². The number of rotatable bonds is 3. The topological polar surface area (TPSA) is 49.8 Å². The van der Waals surface area contributed by atoms with Gasteiger partial charge in [-0.15, -0.1) is 0 Å². The molecule has 0 aromatic carbocycles. The van der Waals surface area contributed by atoms with E-state index in [1.54, 1.807) is 0 Å². The predicted octanol–water partition coefficient (Wildman–Crippen LogP) is 0.926. The molecule has 2 aliphatic rings. The molecule has 0 aromatic heterocycles. The third-order valence-corrected chi connectivity index (χ3v) is 3.96. The van der Waals surface area contributed by atoms with Crippen molar-refractivity contribution in [3.05, 3.63) is 0 Å². The molecular formula is C12H21NO3. The second-order valence-corrected chi connectivity index (χ2v) is 5.09. The summed E-state index contributed by atoms with van der Waals surface area (Å²) in [5, 5.41) is 9.70. The van der Waals surface area contributed by atoms with Crippen molar-refractivity contribution in [1.82, 2.24) is 4.90 Å². The van der Waals surface area contributed by atoms with Gasteiger partial charge < -0.3 is 9.84 Å². The molecule has 2 rings (SSSR count). The molecule has 2 saturated heterocycles. The molecule has 0 radical (unpaired) electrons. The lowest BCUT2D eigenvalue weighted by Crippen LogP contribution is -2.49. The highest BCUT2D eigenvalue weighted by Gasteiger charge is 2.42. The number of aliphatic hydroxyl groups excluding tert-OH is 1. The van der Waals surface area contributed by atoms with Gasteiger partial charge in [-0.2, -0.15) is 0 Å². The molecule has 2 fully saturated rings. The lowest BCUT2D eigenvalue weighted by molar-refractivity contribution is -0.142. The molecule has 0 spiro atoms. The molecule has 2 bridgehead atoms. The molecule has 16 heavy (non-hydrogen) atoms. The van der Waals surface area contributed by atoms with E-state index in [4.69, 9.17) is 4.74 Å². The highest BCUT2D eigenvalue weighted by atomic mass is 16.5. The second kappa shape index (κ2) is 4.72.